The summed E-state index contributed by atoms with van der Waals surface area (Å²) in [4.78, 5) is 4.26. The lowest BCUT2D eigenvalue weighted by Crippen LogP contribution is -2.27. The predicted octanol–water partition coefficient (Wildman–Crippen LogP) is 2.67. The zero-order chi connectivity index (χ0) is 10.7. The van der Waals surface area contributed by atoms with Gasteiger partial charge in [-0.2, -0.15) is 0 Å². The number of aromatic nitrogens is 1. The monoisotopic (exact) mass is 270 g/mol. The topological polar surface area (TPSA) is 34.1 Å². The number of halogens is 1. The Bertz CT molecular complexity index is 337. The second-order valence-corrected chi connectivity index (χ2v) is 4.47. The van der Waals surface area contributed by atoms with Crippen molar-refractivity contribution in [1.29, 1.82) is 0 Å². The minimum Gasteiger partial charge on any atom is -0.496 e. The molecule has 0 aromatic carbocycles. The molecule has 1 atom stereocenters. The molecule has 0 spiro atoms. The van der Waals surface area contributed by atoms with Crippen LogP contribution in [0.2, 0.25) is 0 Å². The van der Waals surface area contributed by atoms with E-state index < -0.39 is 0 Å². The van der Waals surface area contributed by atoms with Gasteiger partial charge in [0.2, 0.25) is 0 Å². The van der Waals surface area contributed by atoms with Crippen molar-refractivity contribution in [3.63, 3.8) is 0 Å². The number of ether oxygens (including phenoxy) is 1. The van der Waals surface area contributed by atoms with Gasteiger partial charge in [-0.15, -0.1) is 0 Å². The summed E-state index contributed by atoms with van der Waals surface area (Å²) < 4.78 is 6.26. The van der Waals surface area contributed by atoms with Crippen LogP contribution in [-0.2, 0) is 0 Å². The van der Waals surface area contributed by atoms with Gasteiger partial charge in [0.25, 0.3) is 0 Å². The maximum Gasteiger partial charge on any atom is 0.127 e. The summed E-state index contributed by atoms with van der Waals surface area (Å²) in [6, 6.07) is 2.29. The molecule has 1 aromatic heterocycles. The molecular formula is C11H15BrN2O. The van der Waals surface area contributed by atoms with Crippen LogP contribution in [-0.4, -0.2) is 18.6 Å². The lowest BCUT2D eigenvalue weighted by molar-refractivity contribution is 0.371. The highest BCUT2D eigenvalue weighted by molar-refractivity contribution is 9.10. The van der Waals surface area contributed by atoms with Crippen LogP contribution in [0, 0.1) is 0 Å². The van der Waals surface area contributed by atoms with Gasteiger partial charge < -0.3 is 10.1 Å². The van der Waals surface area contributed by atoms with Crippen LogP contribution >= 0.6 is 15.9 Å². The molecule has 82 valence electrons. The lowest BCUT2D eigenvalue weighted by Gasteiger charge is -2.25. The first-order valence-electron chi connectivity index (χ1n) is 5.24. The van der Waals surface area contributed by atoms with Crippen molar-refractivity contribution in [1.82, 2.24) is 10.3 Å². The molecule has 1 N–H and O–H groups in total. The third kappa shape index (κ3) is 2.32. The summed E-state index contributed by atoms with van der Waals surface area (Å²) >= 11 is 3.49. The summed E-state index contributed by atoms with van der Waals surface area (Å²) in [5.41, 5.74) is 1.15. The van der Waals surface area contributed by atoms with Gasteiger partial charge in [0, 0.05) is 17.8 Å². The van der Waals surface area contributed by atoms with E-state index in [2.05, 4.69) is 26.2 Å². The smallest absolute Gasteiger partial charge is 0.127 e. The Hall–Kier alpha value is -0.610. The van der Waals surface area contributed by atoms with Crippen molar-refractivity contribution < 1.29 is 4.74 Å². The van der Waals surface area contributed by atoms with Gasteiger partial charge in [-0.25, -0.2) is 4.98 Å². The lowest BCUT2D eigenvalue weighted by atomic mass is 9.98. The maximum absolute atomic E-state index is 5.37. The van der Waals surface area contributed by atoms with Crippen LogP contribution in [0.3, 0.4) is 0 Å². The number of hydrogen-bond acceptors (Lipinski definition) is 3. The minimum atomic E-state index is 0.372. The molecule has 0 amide bonds. The Morgan fingerprint density at radius 3 is 3.07 bits per heavy atom. The molecule has 1 aromatic rings. The Labute approximate surface area is 98.4 Å². The van der Waals surface area contributed by atoms with Gasteiger partial charge in [-0.1, -0.05) is 6.42 Å². The summed E-state index contributed by atoms with van der Waals surface area (Å²) in [5.74, 6) is 0.913. The Morgan fingerprint density at radius 1 is 1.53 bits per heavy atom. The van der Waals surface area contributed by atoms with E-state index >= 15 is 0 Å². The number of methoxy groups -OCH3 is 1. The fraction of sp³-hybridized carbons (Fsp3) is 0.545. The Morgan fingerprint density at radius 2 is 2.40 bits per heavy atom. The number of piperidine rings is 1. The zero-order valence-corrected chi connectivity index (χ0v) is 10.4. The van der Waals surface area contributed by atoms with Crippen molar-refractivity contribution in [3.05, 3.63) is 22.4 Å². The molecule has 0 saturated carbocycles. The molecule has 4 heteroatoms. The molecule has 0 aliphatic carbocycles. The van der Waals surface area contributed by atoms with Gasteiger partial charge >= 0.3 is 0 Å². The van der Waals surface area contributed by atoms with Crippen molar-refractivity contribution in [2.24, 2.45) is 0 Å². The molecule has 1 unspecified atom stereocenters. The first kappa shape index (κ1) is 10.9. The normalized spacial score (nSPS) is 21.3. The average molecular weight is 271 g/mol. The van der Waals surface area contributed by atoms with Crippen molar-refractivity contribution in [3.8, 4) is 5.75 Å². The third-order valence-electron chi connectivity index (χ3n) is 2.78. The number of pyridine rings is 1. The molecule has 3 nitrogen and oxygen atoms in total. The molecule has 1 aliphatic heterocycles. The Balaban J connectivity index is 2.31. The van der Waals surface area contributed by atoms with Crippen molar-refractivity contribution >= 4 is 15.9 Å². The highest BCUT2D eigenvalue weighted by Gasteiger charge is 2.21. The molecule has 1 fully saturated rings. The van der Waals surface area contributed by atoms with Gasteiger partial charge in [-0.3, -0.25) is 0 Å². The first-order valence-corrected chi connectivity index (χ1v) is 6.04. The van der Waals surface area contributed by atoms with E-state index in [1.54, 1.807) is 13.3 Å². The number of nitrogens with one attached hydrogen (secondary N) is 1. The van der Waals surface area contributed by atoms with Crippen LogP contribution in [0.5, 0.6) is 5.75 Å². The first-order chi connectivity index (χ1) is 7.33. The predicted molar refractivity (Wildman–Crippen MR) is 63.1 cm³/mol. The summed E-state index contributed by atoms with van der Waals surface area (Å²) in [6.07, 6.45) is 5.44. The highest BCUT2D eigenvalue weighted by atomic mass is 79.9. The van der Waals surface area contributed by atoms with E-state index in [0.29, 0.717) is 6.04 Å². The van der Waals surface area contributed by atoms with Crippen LogP contribution in [0.1, 0.15) is 30.9 Å². The van der Waals surface area contributed by atoms with Crippen molar-refractivity contribution in [2.75, 3.05) is 13.7 Å². The van der Waals surface area contributed by atoms with E-state index in [1.807, 2.05) is 6.07 Å². The van der Waals surface area contributed by atoms with E-state index in [9.17, 15) is 0 Å². The summed E-state index contributed by atoms with van der Waals surface area (Å²) in [6.45, 7) is 1.08. The number of nitrogens with zero attached hydrogens (tertiary/aromatic N) is 1. The van der Waals surface area contributed by atoms with Crippen LogP contribution in [0.25, 0.3) is 0 Å². The number of hydrogen-bond donors (Lipinski definition) is 1. The van der Waals surface area contributed by atoms with Crippen LogP contribution in [0.15, 0.2) is 16.9 Å². The van der Waals surface area contributed by atoms with Crippen LogP contribution < -0.4 is 10.1 Å². The van der Waals surface area contributed by atoms with Gasteiger partial charge in [0.15, 0.2) is 0 Å². The second kappa shape index (κ2) is 4.94. The molecular weight excluding hydrogens is 256 g/mol. The van der Waals surface area contributed by atoms with Gasteiger partial charge in [0.05, 0.1) is 7.11 Å². The van der Waals surface area contributed by atoms with Crippen LogP contribution in [0.4, 0.5) is 0 Å². The quantitative estimate of drug-likeness (QED) is 0.840. The molecule has 0 radical (unpaired) electrons. The molecule has 2 heterocycles. The molecule has 15 heavy (non-hydrogen) atoms. The summed E-state index contributed by atoms with van der Waals surface area (Å²) in [5, 5.41) is 3.50. The van der Waals surface area contributed by atoms with E-state index in [-0.39, 0.29) is 0 Å². The minimum absolute atomic E-state index is 0.372. The van der Waals surface area contributed by atoms with Gasteiger partial charge in [-0.05, 0) is 41.4 Å². The van der Waals surface area contributed by atoms with Gasteiger partial charge in [0.1, 0.15) is 10.4 Å². The average Bonchev–Trinajstić information content (AvgIpc) is 2.29. The fourth-order valence-corrected chi connectivity index (χ4v) is 2.61. The standard InChI is InChI=1S/C11H15BrN2O/c1-15-9-5-7-14-11(12)10(9)8-4-2-3-6-13-8/h5,7-8,13H,2-4,6H2,1H3. The second-order valence-electron chi connectivity index (χ2n) is 3.72. The highest BCUT2D eigenvalue weighted by Crippen LogP contribution is 2.34. The Kier molecular flexibility index (Phi) is 3.59. The van der Waals surface area contributed by atoms with Crippen molar-refractivity contribution in [2.45, 2.75) is 25.3 Å². The largest absolute Gasteiger partial charge is 0.496 e. The van der Waals surface area contributed by atoms with E-state index in [1.165, 1.54) is 12.8 Å². The fourth-order valence-electron chi connectivity index (χ4n) is 2.02. The number of rotatable bonds is 2. The SMILES string of the molecule is COc1ccnc(Br)c1C1CCCCN1. The molecule has 1 saturated heterocycles. The molecule has 0 bridgehead atoms. The van der Waals surface area contributed by atoms with E-state index in [4.69, 9.17) is 4.74 Å². The van der Waals surface area contributed by atoms with E-state index in [0.717, 1.165) is 28.9 Å². The molecule has 1 aliphatic rings. The summed E-state index contributed by atoms with van der Waals surface area (Å²) in [7, 11) is 1.70. The molecule has 2 rings (SSSR count). The third-order valence-corrected chi connectivity index (χ3v) is 3.41. The maximum atomic E-state index is 5.37. The zero-order valence-electron chi connectivity index (χ0n) is 8.79.